The van der Waals surface area contributed by atoms with Gasteiger partial charge in [0.25, 0.3) is 9.05 Å². The van der Waals surface area contributed by atoms with E-state index in [1.807, 2.05) is 0 Å². The van der Waals surface area contributed by atoms with Crippen molar-refractivity contribution >= 4 is 31.3 Å². The van der Waals surface area contributed by atoms with Gasteiger partial charge in [-0.1, -0.05) is 0 Å². The molecule has 6 heteroatoms. The molecule has 15 heavy (non-hydrogen) atoms. The molecule has 0 atom stereocenters. The minimum absolute atomic E-state index is 0.0638. The lowest BCUT2D eigenvalue weighted by Crippen LogP contribution is -1.98. The summed E-state index contributed by atoms with van der Waals surface area (Å²) in [5.41, 5.74) is 0. The Hall–Kier alpha value is -0.450. The fraction of sp³-hybridized carbons (Fsp3) is 0.333. The van der Waals surface area contributed by atoms with E-state index in [4.69, 9.17) is 27.0 Å². The van der Waals surface area contributed by atoms with E-state index in [0.29, 0.717) is 18.2 Å². The van der Waals surface area contributed by atoms with Crippen molar-refractivity contribution in [1.82, 2.24) is 0 Å². The first kappa shape index (κ1) is 12.6. The van der Waals surface area contributed by atoms with E-state index in [-0.39, 0.29) is 4.90 Å². The predicted molar refractivity (Wildman–Crippen MR) is 60.3 cm³/mol. The Bertz CT molecular complexity index is 400. The summed E-state index contributed by atoms with van der Waals surface area (Å²) in [6.07, 6.45) is 0.747. The van der Waals surface area contributed by atoms with Gasteiger partial charge in [-0.25, -0.2) is 8.42 Å². The molecule has 0 bridgehead atoms. The highest BCUT2D eigenvalue weighted by atomic mass is 35.7. The quantitative estimate of drug-likeness (QED) is 0.469. The molecule has 0 unspecified atom stereocenters. The van der Waals surface area contributed by atoms with Crippen molar-refractivity contribution in [2.24, 2.45) is 0 Å². The maximum atomic E-state index is 10.9. The van der Waals surface area contributed by atoms with E-state index >= 15 is 0 Å². The van der Waals surface area contributed by atoms with E-state index in [0.717, 1.165) is 6.42 Å². The highest BCUT2D eigenvalue weighted by Crippen LogP contribution is 2.18. The molecule has 0 N–H and O–H groups in total. The number of rotatable bonds is 5. The molecule has 0 aromatic heterocycles. The van der Waals surface area contributed by atoms with Crippen molar-refractivity contribution in [2.75, 3.05) is 12.5 Å². The van der Waals surface area contributed by atoms with Crippen LogP contribution >= 0.6 is 22.3 Å². The molecule has 0 aliphatic heterocycles. The van der Waals surface area contributed by atoms with Crippen LogP contribution in [-0.4, -0.2) is 20.9 Å². The van der Waals surface area contributed by atoms with Gasteiger partial charge in [0.05, 0.1) is 11.5 Å². The number of halogens is 2. The molecule has 0 heterocycles. The molecule has 1 aromatic carbocycles. The molecule has 1 rings (SSSR count). The molecule has 0 aliphatic rings. The Balaban J connectivity index is 2.65. The Morgan fingerprint density at radius 2 is 1.80 bits per heavy atom. The monoisotopic (exact) mass is 268 g/mol. The van der Waals surface area contributed by atoms with Gasteiger partial charge in [0.15, 0.2) is 0 Å². The van der Waals surface area contributed by atoms with Crippen LogP contribution in [0.5, 0.6) is 5.75 Å². The average Bonchev–Trinajstić information content (AvgIpc) is 2.18. The van der Waals surface area contributed by atoms with Crippen LogP contribution in [0.1, 0.15) is 6.42 Å². The summed E-state index contributed by atoms with van der Waals surface area (Å²) >= 11 is 5.48. The average molecular weight is 269 g/mol. The van der Waals surface area contributed by atoms with E-state index < -0.39 is 9.05 Å². The van der Waals surface area contributed by atoms with Crippen molar-refractivity contribution in [3.8, 4) is 5.75 Å². The number of benzene rings is 1. The summed E-state index contributed by atoms with van der Waals surface area (Å²) in [4.78, 5) is 0.0638. The van der Waals surface area contributed by atoms with E-state index in [1.165, 1.54) is 12.1 Å². The molecule has 0 radical (unpaired) electrons. The minimum Gasteiger partial charge on any atom is -0.494 e. The molecular formula is C9H10Cl2O3S. The third-order valence-corrected chi connectivity index (χ3v) is 3.29. The van der Waals surface area contributed by atoms with Crippen molar-refractivity contribution < 1.29 is 13.2 Å². The maximum Gasteiger partial charge on any atom is 0.261 e. The largest absolute Gasteiger partial charge is 0.494 e. The number of alkyl halides is 1. The molecule has 0 fully saturated rings. The van der Waals surface area contributed by atoms with Crippen LogP contribution in [-0.2, 0) is 9.05 Å². The third-order valence-electron chi connectivity index (χ3n) is 1.65. The van der Waals surface area contributed by atoms with Crippen LogP contribution in [0.3, 0.4) is 0 Å². The molecule has 0 spiro atoms. The zero-order valence-electron chi connectivity index (χ0n) is 7.82. The first-order chi connectivity index (χ1) is 7.04. The van der Waals surface area contributed by atoms with E-state index in [1.54, 1.807) is 12.1 Å². The summed E-state index contributed by atoms with van der Waals surface area (Å²) in [6.45, 7) is 0.510. The zero-order valence-corrected chi connectivity index (χ0v) is 10.1. The van der Waals surface area contributed by atoms with Crippen LogP contribution in [0.25, 0.3) is 0 Å². The second-order valence-corrected chi connectivity index (χ2v) is 5.74. The fourth-order valence-corrected chi connectivity index (χ4v) is 1.82. The Labute approximate surface area is 98.4 Å². The van der Waals surface area contributed by atoms with Crippen LogP contribution in [0, 0.1) is 0 Å². The Kier molecular flexibility index (Phi) is 4.70. The summed E-state index contributed by atoms with van der Waals surface area (Å²) in [7, 11) is 1.50. The molecule has 0 saturated heterocycles. The lowest BCUT2D eigenvalue weighted by molar-refractivity contribution is 0.318. The number of hydrogen-bond donors (Lipinski definition) is 0. The molecule has 0 saturated carbocycles. The molecule has 84 valence electrons. The summed E-state index contributed by atoms with van der Waals surface area (Å²) < 4.78 is 27.1. The van der Waals surface area contributed by atoms with Crippen LogP contribution in [0.2, 0.25) is 0 Å². The second kappa shape index (κ2) is 5.58. The lowest BCUT2D eigenvalue weighted by Gasteiger charge is -2.04. The van der Waals surface area contributed by atoms with Gasteiger partial charge < -0.3 is 4.74 Å². The van der Waals surface area contributed by atoms with Crippen molar-refractivity contribution in [2.45, 2.75) is 11.3 Å². The molecule has 1 aromatic rings. The summed E-state index contributed by atoms with van der Waals surface area (Å²) in [5, 5.41) is 0. The number of ether oxygens (including phenoxy) is 1. The predicted octanol–water partition coefficient (Wildman–Crippen LogP) is 2.62. The SMILES string of the molecule is O=S(=O)(Cl)c1ccc(OCCCCl)cc1. The Morgan fingerprint density at radius 3 is 2.27 bits per heavy atom. The maximum absolute atomic E-state index is 10.9. The van der Waals surface area contributed by atoms with Gasteiger partial charge in [-0.3, -0.25) is 0 Å². The normalized spacial score (nSPS) is 11.3. The third kappa shape index (κ3) is 4.28. The van der Waals surface area contributed by atoms with E-state index in [9.17, 15) is 8.42 Å². The van der Waals surface area contributed by atoms with Crippen molar-refractivity contribution in [3.63, 3.8) is 0 Å². The first-order valence-corrected chi connectivity index (χ1v) is 7.12. The van der Waals surface area contributed by atoms with Gasteiger partial charge in [0.2, 0.25) is 0 Å². The van der Waals surface area contributed by atoms with Crippen LogP contribution in [0.4, 0.5) is 0 Å². The van der Waals surface area contributed by atoms with Gasteiger partial charge in [0, 0.05) is 16.6 Å². The first-order valence-electron chi connectivity index (χ1n) is 4.27. The topological polar surface area (TPSA) is 43.4 Å². The zero-order chi connectivity index (χ0) is 11.3. The lowest BCUT2D eigenvalue weighted by atomic mass is 10.3. The summed E-state index contributed by atoms with van der Waals surface area (Å²) in [5.74, 6) is 1.14. The van der Waals surface area contributed by atoms with Gasteiger partial charge >= 0.3 is 0 Å². The minimum atomic E-state index is -3.65. The molecule has 0 amide bonds. The highest BCUT2D eigenvalue weighted by molar-refractivity contribution is 8.13. The van der Waals surface area contributed by atoms with Gasteiger partial charge in [-0.2, -0.15) is 0 Å². The molecule has 3 nitrogen and oxygen atoms in total. The number of hydrogen-bond acceptors (Lipinski definition) is 3. The van der Waals surface area contributed by atoms with Crippen LogP contribution < -0.4 is 4.74 Å². The molecular weight excluding hydrogens is 259 g/mol. The summed E-state index contributed by atoms with van der Waals surface area (Å²) in [6, 6.07) is 5.92. The van der Waals surface area contributed by atoms with Crippen LogP contribution in [0.15, 0.2) is 29.2 Å². The smallest absolute Gasteiger partial charge is 0.261 e. The second-order valence-electron chi connectivity index (χ2n) is 2.80. The van der Waals surface area contributed by atoms with Gasteiger partial charge in [-0.15, -0.1) is 11.6 Å². The van der Waals surface area contributed by atoms with Crippen molar-refractivity contribution in [3.05, 3.63) is 24.3 Å². The molecule has 0 aliphatic carbocycles. The Morgan fingerprint density at radius 1 is 1.20 bits per heavy atom. The van der Waals surface area contributed by atoms with Gasteiger partial charge in [-0.05, 0) is 30.7 Å². The van der Waals surface area contributed by atoms with E-state index in [2.05, 4.69) is 0 Å². The fourth-order valence-electron chi connectivity index (χ4n) is 0.943. The van der Waals surface area contributed by atoms with Gasteiger partial charge in [0.1, 0.15) is 5.75 Å². The standard InChI is InChI=1S/C9H10Cl2O3S/c10-6-1-7-14-8-2-4-9(5-3-8)15(11,12)13/h2-5H,1,6-7H2. The van der Waals surface area contributed by atoms with Crippen molar-refractivity contribution in [1.29, 1.82) is 0 Å². The highest BCUT2D eigenvalue weighted by Gasteiger charge is 2.08.